The lowest BCUT2D eigenvalue weighted by Crippen LogP contribution is -2.48. The Hall–Kier alpha value is -0.180. The van der Waals surface area contributed by atoms with Crippen LogP contribution in [0.4, 0.5) is 8.78 Å². The van der Waals surface area contributed by atoms with E-state index in [4.69, 9.17) is 0 Å². The molecule has 0 aromatic rings. The van der Waals surface area contributed by atoms with Gasteiger partial charge in [0.25, 0.3) is 5.92 Å². The van der Waals surface area contributed by atoms with Crippen molar-refractivity contribution in [2.75, 3.05) is 13.1 Å². The van der Waals surface area contributed by atoms with Crippen LogP contribution in [0.25, 0.3) is 0 Å². The van der Waals surface area contributed by atoms with Gasteiger partial charge in [-0.15, -0.1) is 0 Å². The van der Waals surface area contributed by atoms with Gasteiger partial charge in [0.05, 0.1) is 6.04 Å². The highest BCUT2D eigenvalue weighted by atomic mass is 19.3. The first-order chi connectivity index (χ1) is 6.20. The first-order valence-corrected chi connectivity index (χ1v) is 5.32. The van der Waals surface area contributed by atoms with Crippen molar-refractivity contribution in [2.45, 2.75) is 50.5 Å². The Labute approximate surface area is 78.1 Å². The summed E-state index contributed by atoms with van der Waals surface area (Å²) in [6, 6.07) is -0.441. The van der Waals surface area contributed by atoms with Crippen LogP contribution in [0.1, 0.15) is 38.5 Å². The maximum atomic E-state index is 13.5. The molecule has 0 amide bonds. The molecule has 0 spiro atoms. The average Bonchev–Trinajstić information content (AvgIpc) is 2.55. The van der Waals surface area contributed by atoms with Crippen LogP contribution in [0, 0.1) is 0 Å². The van der Waals surface area contributed by atoms with Gasteiger partial charge >= 0.3 is 0 Å². The molecule has 1 saturated heterocycles. The summed E-state index contributed by atoms with van der Waals surface area (Å²) < 4.78 is 27.0. The van der Waals surface area contributed by atoms with E-state index in [2.05, 4.69) is 0 Å². The molecule has 1 nitrogen and oxygen atoms in total. The SMILES string of the molecule is FC1(F)CCCCC1N1CCCC1. The van der Waals surface area contributed by atoms with Gasteiger partial charge in [-0.1, -0.05) is 6.42 Å². The van der Waals surface area contributed by atoms with E-state index in [9.17, 15) is 8.78 Å². The zero-order valence-electron chi connectivity index (χ0n) is 7.94. The third kappa shape index (κ3) is 1.85. The number of nitrogens with zero attached hydrogens (tertiary/aromatic N) is 1. The fourth-order valence-electron chi connectivity index (χ4n) is 2.58. The normalized spacial score (nSPS) is 35.1. The van der Waals surface area contributed by atoms with E-state index in [-0.39, 0.29) is 6.42 Å². The highest BCUT2D eigenvalue weighted by Gasteiger charge is 2.44. The number of hydrogen-bond donors (Lipinski definition) is 0. The average molecular weight is 189 g/mol. The summed E-state index contributed by atoms with van der Waals surface area (Å²) >= 11 is 0. The summed E-state index contributed by atoms with van der Waals surface area (Å²) in [5, 5.41) is 0. The molecule has 3 heteroatoms. The number of alkyl halides is 2. The largest absolute Gasteiger partial charge is 0.295 e. The molecule has 1 heterocycles. The number of halogens is 2. The maximum Gasteiger partial charge on any atom is 0.263 e. The van der Waals surface area contributed by atoms with Crippen LogP contribution in [-0.2, 0) is 0 Å². The zero-order valence-corrected chi connectivity index (χ0v) is 7.94. The van der Waals surface area contributed by atoms with Crippen molar-refractivity contribution in [3.8, 4) is 0 Å². The quantitative estimate of drug-likeness (QED) is 0.613. The van der Waals surface area contributed by atoms with Gasteiger partial charge in [-0.25, -0.2) is 8.78 Å². The van der Waals surface area contributed by atoms with Crippen LogP contribution < -0.4 is 0 Å². The molecule has 76 valence electrons. The first kappa shape index (κ1) is 9.38. The second kappa shape index (κ2) is 3.52. The van der Waals surface area contributed by atoms with Gasteiger partial charge in [-0.3, -0.25) is 4.90 Å². The van der Waals surface area contributed by atoms with Crippen molar-refractivity contribution in [3.63, 3.8) is 0 Å². The number of rotatable bonds is 1. The molecule has 1 atom stereocenters. The third-order valence-electron chi connectivity index (χ3n) is 3.31. The van der Waals surface area contributed by atoms with Gasteiger partial charge in [0.15, 0.2) is 0 Å². The lowest BCUT2D eigenvalue weighted by molar-refractivity contribution is -0.101. The molecule has 13 heavy (non-hydrogen) atoms. The second-order valence-corrected chi connectivity index (χ2v) is 4.27. The Morgan fingerprint density at radius 1 is 1.00 bits per heavy atom. The molecule has 2 fully saturated rings. The van der Waals surface area contributed by atoms with Crippen LogP contribution in [-0.4, -0.2) is 30.0 Å². The van der Waals surface area contributed by atoms with Gasteiger partial charge in [0.2, 0.25) is 0 Å². The van der Waals surface area contributed by atoms with Gasteiger partial charge in [0.1, 0.15) is 0 Å². The molecule has 1 aliphatic carbocycles. The standard InChI is InChI=1S/C10H17F2N/c11-10(12)6-2-1-5-9(10)13-7-3-4-8-13/h9H,1-8H2. The Balaban J connectivity index is 2.02. The van der Waals surface area contributed by atoms with E-state index in [1.54, 1.807) is 0 Å². The van der Waals surface area contributed by atoms with E-state index in [0.717, 1.165) is 32.4 Å². The lowest BCUT2D eigenvalue weighted by Gasteiger charge is -2.37. The van der Waals surface area contributed by atoms with Crippen molar-refractivity contribution >= 4 is 0 Å². The molecule has 0 bridgehead atoms. The van der Waals surface area contributed by atoms with E-state index >= 15 is 0 Å². The summed E-state index contributed by atoms with van der Waals surface area (Å²) in [5.41, 5.74) is 0. The molecule has 0 aromatic carbocycles. The topological polar surface area (TPSA) is 3.24 Å². The summed E-state index contributed by atoms with van der Waals surface area (Å²) in [7, 11) is 0. The van der Waals surface area contributed by atoms with Gasteiger partial charge < -0.3 is 0 Å². The van der Waals surface area contributed by atoms with E-state index < -0.39 is 12.0 Å². The molecule has 1 aliphatic heterocycles. The van der Waals surface area contributed by atoms with Crippen molar-refractivity contribution in [1.29, 1.82) is 0 Å². The first-order valence-electron chi connectivity index (χ1n) is 5.32. The summed E-state index contributed by atoms with van der Waals surface area (Å²) in [6.45, 7) is 1.78. The van der Waals surface area contributed by atoms with Gasteiger partial charge in [-0.2, -0.15) is 0 Å². The molecule has 1 saturated carbocycles. The van der Waals surface area contributed by atoms with Crippen molar-refractivity contribution in [2.24, 2.45) is 0 Å². The fraction of sp³-hybridized carbons (Fsp3) is 1.00. The van der Waals surface area contributed by atoms with Crippen LogP contribution in [0.5, 0.6) is 0 Å². The van der Waals surface area contributed by atoms with Crippen molar-refractivity contribution in [3.05, 3.63) is 0 Å². The Morgan fingerprint density at radius 3 is 2.31 bits per heavy atom. The minimum absolute atomic E-state index is 0.105. The monoisotopic (exact) mass is 189 g/mol. The zero-order chi connectivity index (χ0) is 9.31. The smallest absolute Gasteiger partial charge is 0.263 e. The predicted octanol–water partition coefficient (Wildman–Crippen LogP) is 2.66. The molecule has 2 aliphatic rings. The van der Waals surface area contributed by atoms with Crippen molar-refractivity contribution in [1.82, 2.24) is 4.90 Å². The van der Waals surface area contributed by atoms with Crippen LogP contribution in [0.3, 0.4) is 0 Å². The second-order valence-electron chi connectivity index (χ2n) is 4.27. The summed E-state index contributed by atoms with van der Waals surface area (Å²) in [4.78, 5) is 2.00. The third-order valence-corrected chi connectivity index (χ3v) is 3.31. The number of likely N-dealkylation sites (tertiary alicyclic amines) is 1. The van der Waals surface area contributed by atoms with E-state index in [1.165, 1.54) is 0 Å². The van der Waals surface area contributed by atoms with Crippen LogP contribution in [0.2, 0.25) is 0 Å². The van der Waals surface area contributed by atoms with Crippen LogP contribution >= 0.6 is 0 Å². The van der Waals surface area contributed by atoms with E-state index in [1.807, 2.05) is 4.90 Å². The van der Waals surface area contributed by atoms with E-state index in [0.29, 0.717) is 12.8 Å². The molecular formula is C10H17F2N. The Morgan fingerprint density at radius 2 is 1.69 bits per heavy atom. The Bertz CT molecular complexity index is 176. The number of hydrogen-bond acceptors (Lipinski definition) is 1. The summed E-state index contributed by atoms with van der Waals surface area (Å²) in [6.07, 6.45) is 4.70. The lowest BCUT2D eigenvalue weighted by atomic mass is 9.90. The van der Waals surface area contributed by atoms with Crippen molar-refractivity contribution < 1.29 is 8.78 Å². The molecule has 1 unspecified atom stereocenters. The minimum Gasteiger partial charge on any atom is -0.295 e. The molecular weight excluding hydrogens is 172 g/mol. The molecule has 0 aromatic heterocycles. The highest BCUT2D eigenvalue weighted by molar-refractivity contribution is 4.90. The van der Waals surface area contributed by atoms with Gasteiger partial charge in [-0.05, 0) is 38.8 Å². The van der Waals surface area contributed by atoms with Crippen LogP contribution in [0.15, 0.2) is 0 Å². The Kier molecular flexibility index (Phi) is 2.54. The molecule has 0 N–H and O–H groups in total. The molecule has 2 rings (SSSR count). The minimum atomic E-state index is -2.41. The maximum absolute atomic E-state index is 13.5. The summed E-state index contributed by atoms with van der Waals surface area (Å²) in [5.74, 6) is -2.41. The fourth-order valence-corrected chi connectivity index (χ4v) is 2.58. The highest BCUT2D eigenvalue weighted by Crippen LogP contribution is 2.37. The predicted molar refractivity (Wildman–Crippen MR) is 48.0 cm³/mol. The molecule has 0 radical (unpaired) electrons. The van der Waals surface area contributed by atoms with Gasteiger partial charge in [0, 0.05) is 6.42 Å².